The van der Waals surface area contributed by atoms with Crippen LogP contribution >= 0.6 is 11.8 Å². The Morgan fingerprint density at radius 2 is 2.18 bits per heavy atom. The number of hydrogen-bond acceptors (Lipinski definition) is 2. The van der Waals surface area contributed by atoms with Crippen LogP contribution in [0.1, 0.15) is 25.3 Å². The molecular formula is C9H13NS. The second-order valence-electron chi connectivity index (χ2n) is 2.76. The molecule has 0 spiro atoms. The van der Waals surface area contributed by atoms with E-state index < -0.39 is 0 Å². The summed E-state index contributed by atoms with van der Waals surface area (Å²) >= 11 is 1.71. The molecule has 0 radical (unpaired) electrons. The summed E-state index contributed by atoms with van der Waals surface area (Å²) in [6, 6.07) is 4.14. The SMILES string of the molecule is CSc1ncccc1C(C)C. The number of nitrogens with zero attached hydrogens (tertiary/aromatic N) is 1. The summed E-state index contributed by atoms with van der Waals surface area (Å²) < 4.78 is 0. The fourth-order valence-corrected chi connectivity index (χ4v) is 1.72. The van der Waals surface area contributed by atoms with Crippen LogP contribution in [0.4, 0.5) is 0 Å². The van der Waals surface area contributed by atoms with Crippen LogP contribution in [0.5, 0.6) is 0 Å². The fourth-order valence-electron chi connectivity index (χ4n) is 1.01. The first-order chi connectivity index (χ1) is 5.25. The maximum absolute atomic E-state index is 4.28. The lowest BCUT2D eigenvalue weighted by molar-refractivity contribution is 0.819. The molecule has 0 saturated carbocycles. The zero-order valence-corrected chi connectivity index (χ0v) is 7.98. The molecule has 11 heavy (non-hydrogen) atoms. The molecule has 2 heteroatoms. The summed E-state index contributed by atoms with van der Waals surface area (Å²) in [5.74, 6) is 0.575. The Bertz CT molecular complexity index is 233. The molecule has 0 fully saturated rings. The van der Waals surface area contributed by atoms with Gasteiger partial charge in [-0.2, -0.15) is 0 Å². The number of rotatable bonds is 2. The molecule has 0 aliphatic carbocycles. The Kier molecular flexibility index (Phi) is 2.94. The lowest BCUT2D eigenvalue weighted by Gasteiger charge is -2.07. The quantitative estimate of drug-likeness (QED) is 0.628. The first kappa shape index (κ1) is 8.60. The first-order valence-electron chi connectivity index (χ1n) is 3.74. The van der Waals surface area contributed by atoms with Gasteiger partial charge in [0, 0.05) is 6.20 Å². The van der Waals surface area contributed by atoms with Crippen molar-refractivity contribution >= 4 is 11.8 Å². The highest BCUT2D eigenvalue weighted by molar-refractivity contribution is 7.98. The smallest absolute Gasteiger partial charge is 0.0991 e. The largest absolute Gasteiger partial charge is 0.250 e. The number of thioether (sulfide) groups is 1. The Labute approximate surface area is 72.2 Å². The summed E-state index contributed by atoms with van der Waals surface area (Å²) in [6.07, 6.45) is 3.91. The zero-order valence-electron chi connectivity index (χ0n) is 7.16. The van der Waals surface area contributed by atoms with Crippen LogP contribution in [-0.4, -0.2) is 11.2 Å². The van der Waals surface area contributed by atoms with E-state index in [9.17, 15) is 0 Å². The van der Waals surface area contributed by atoms with Crippen molar-refractivity contribution in [1.29, 1.82) is 0 Å². The first-order valence-corrected chi connectivity index (χ1v) is 4.97. The van der Waals surface area contributed by atoms with Crippen molar-refractivity contribution in [1.82, 2.24) is 4.98 Å². The number of pyridine rings is 1. The van der Waals surface area contributed by atoms with Crippen molar-refractivity contribution < 1.29 is 0 Å². The number of hydrogen-bond donors (Lipinski definition) is 0. The Hall–Kier alpha value is -0.500. The second-order valence-corrected chi connectivity index (χ2v) is 3.55. The van der Waals surface area contributed by atoms with Gasteiger partial charge in [0.15, 0.2) is 0 Å². The highest BCUT2D eigenvalue weighted by Gasteiger charge is 2.04. The van der Waals surface area contributed by atoms with Gasteiger partial charge in [0.1, 0.15) is 0 Å². The predicted molar refractivity (Wildman–Crippen MR) is 50.1 cm³/mol. The van der Waals surface area contributed by atoms with Gasteiger partial charge in [-0.1, -0.05) is 19.9 Å². The van der Waals surface area contributed by atoms with E-state index in [4.69, 9.17) is 0 Å². The van der Waals surface area contributed by atoms with E-state index in [1.54, 1.807) is 11.8 Å². The van der Waals surface area contributed by atoms with Gasteiger partial charge in [-0.3, -0.25) is 0 Å². The molecule has 0 saturated heterocycles. The van der Waals surface area contributed by atoms with E-state index in [0.717, 1.165) is 5.03 Å². The second kappa shape index (κ2) is 3.77. The van der Waals surface area contributed by atoms with E-state index in [2.05, 4.69) is 31.2 Å². The Morgan fingerprint density at radius 3 is 2.64 bits per heavy atom. The van der Waals surface area contributed by atoms with Gasteiger partial charge in [-0.15, -0.1) is 11.8 Å². The summed E-state index contributed by atoms with van der Waals surface area (Å²) in [4.78, 5) is 4.28. The van der Waals surface area contributed by atoms with Crippen LogP contribution in [0.2, 0.25) is 0 Å². The minimum absolute atomic E-state index is 0.575. The third kappa shape index (κ3) is 1.96. The highest BCUT2D eigenvalue weighted by atomic mass is 32.2. The van der Waals surface area contributed by atoms with Crippen LogP contribution < -0.4 is 0 Å². The van der Waals surface area contributed by atoms with E-state index in [-0.39, 0.29) is 0 Å². The minimum Gasteiger partial charge on any atom is -0.250 e. The van der Waals surface area contributed by atoms with Crippen LogP contribution in [-0.2, 0) is 0 Å². The molecule has 60 valence electrons. The van der Waals surface area contributed by atoms with Gasteiger partial charge in [-0.05, 0) is 23.8 Å². The topological polar surface area (TPSA) is 12.9 Å². The average Bonchev–Trinajstić information content (AvgIpc) is 2.04. The Morgan fingerprint density at radius 1 is 1.45 bits per heavy atom. The van der Waals surface area contributed by atoms with Crippen molar-refractivity contribution in [2.75, 3.05) is 6.26 Å². The highest BCUT2D eigenvalue weighted by Crippen LogP contribution is 2.23. The van der Waals surface area contributed by atoms with E-state index >= 15 is 0 Å². The molecule has 0 atom stereocenters. The van der Waals surface area contributed by atoms with Crippen molar-refractivity contribution in [2.45, 2.75) is 24.8 Å². The summed E-state index contributed by atoms with van der Waals surface area (Å²) in [7, 11) is 0. The summed E-state index contributed by atoms with van der Waals surface area (Å²) in [5.41, 5.74) is 1.35. The van der Waals surface area contributed by atoms with Gasteiger partial charge in [0.05, 0.1) is 5.03 Å². The molecule has 0 aliphatic rings. The molecule has 1 heterocycles. The van der Waals surface area contributed by atoms with E-state index in [1.165, 1.54) is 5.56 Å². The molecule has 0 unspecified atom stereocenters. The van der Waals surface area contributed by atoms with Crippen molar-refractivity contribution in [3.05, 3.63) is 23.9 Å². The summed E-state index contributed by atoms with van der Waals surface area (Å²) in [5, 5.41) is 1.16. The molecule has 0 aromatic carbocycles. The zero-order chi connectivity index (χ0) is 8.27. The van der Waals surface area contributed by atoms with Crippen molar-refractivity contribution in [3.63, 3.8) is 0 Å². The van der Waals surface area contributed by atoms with Crippen LogP contribution in [0.3, 0.4) is 0 Å². The standard InChI is InChI=1S/C9H13NS/c1-7(2)8-5-4-6-10-9(8)11-3/h4-7H,1-3H3. The average molecular weight is 167 g/mol. The van der Waals surface area contributed by atoms with Gasteiger partial charge in [-0.25, -0.2) is 4.98 Å². The fraction of sp³-hybridized carbons (Fsp3) is 0.444. The minimum atomic E-state index is 0.575. The molecular weight excluding hydrogens is 154 g/mol. The monoisotopic (exact) mass is 167 g/mol. The van der Waals surface area contributed by atoms with Crippen molar-refractivity contribution in [2.24, 2.45) is 0 Å². The van der Waals surface area contributed by atoms with Crippen molar-refractivity contribution in [3.8, 4) is 0 Å². The van der Waals surface area contributed by atoms with Crippen LogP contribution in [0.25, 0.3) is 0 Å². The normalized spacial score (nSPS) is 10.5. The maximum atomic E-state index is 4.28. The Balaban J connectivity index is 3.02. The molecule has 0 amide bonds. The molecule has 0 aliphatic heterocycles. The maximum Gasteiger partial charge on any atom is 0.0991 e. The van der Waals surface area contributed by atoms with E-state index in [1.807, 2.05) is 12.3 Å². The molecule has 0 bridgehead atoms. The third-order valence-electron chi connectivity index (χ3n) is 1.62. The lowest BCUT2D eigenvalue weighted by Crippen LogP contribution is -1.92. The van der Waals surface area contributed by atoms with Gasteiger partial charge < -0.3 is 0 Å². The molecule has 1 rings (SSSR count). The third-order valence-corrected chi connectivity index (χ3v) is 2.34. The molecule has 0 N–H and O–H groups in total. The molecule has 1 aromatic heterocycles. The molecule has 1 aromatic rings. The molecule has 1 nitrogen and oxygen atoms in total. The van der Waals surface area contributed by atoms with Crippen LogP contribution in [0.15, 0.2) is 23.4 Å². The van der Waals surface area contributed by atoms with Crippen LogP contribution in [0, 0.1) is 0 Å². The van der Waals surface area contributed by atoms with Gasteiger partial charge in [0.2, 0.25) is 0 Å². The van der Waals surface area contributed by atoms with Gasteiger partial charge >= 0.3 is 0 Å². The van der Waals surface area contributed by atoms with E-state index in [0.29, 0.717) is 5.92 Å². The van der Waals surface area contributed by atoms with Gasteiger partial charge in [0.25, 0.3) is 0 Å². The summed E-state index contributed by atoms with van der Waals surface area (Å²) in [6.45, 7) is 4.38. The number of aromatic nitrogens is 1. The predicted octanol–water partition coefficient (Wildman–Crippen LogP) is 2.93. The lowest BCUT2D eigenvalue weighted by atomic mass is 10.1.